The highest BCUT2D eigenvalue weighted by Gasteiger charge is 2.33. The lowest BCUT2D eigenvalue weighted by Crippen LogP contribution is -2.34. The predicted molar refractivity (Wildman–Crippen MR) is 83.2 cm³/mol. The summed E-state index contributed by atoms with van der Waals surface area (Å²) < 4.78 is 6.51. The van der Waals surface area contributed by atoms with Gasteiger partial charge < -0.3 is 4.74 Å². The van der Waals surface area contributed by atoms with Crippen LogP contribution in [0.4, 0.5) is 0 Å². The second-order valence-electron chi connectivity index (χ2n) is 6.57. The highest BCUT2D eigenvalue weighted by atomic mass is 16.5. The molecule has 0 N–H and O–H groups in total. The highest BCUT2D eigenvalue weighted by molar-refractivity contribution is 5.19. The Balaban J connectivity index is 3.03. The van der Waals surface area contributed by atoms with Crippen molar-refractivity contribution in [1.82, 2.24) is 0 Å². The molecule has 1 heteroatoms. The van der Waals surface area contributed by atoms with Gasteiger partial charge in [0.05, 0.1) is 11.7 Å². The molecule has 0 saturated carbocycles. The molecule has 0 aromatic heterocycles. The normalized spacial score (nSPS) is 16.7. The van der Waals surface area contributed by atoms with Crippen molar-refractivity contribution < 1.29 is 4.74 Å². The minimum Gasteiger partial charge on any atom is -0.367 e. The molecule has 1 aromatic rings. The van der Waals surface area contributed by atoms with E-state index in [1.165, 1.54) is 5.56 Å². The molecule has 0 aliphatic heterocycles. The van der Waals surface area contributed by atoms with Gasteiger partial charge in [-0.3, -0.25) is 0 Å². The molecule has 0 aliphatic carbocycles. The van der Waals surface area contributed by atoms with Crippen molar-refractivity contribution in [3.05, 3.63) is 48.6 Å². The predicted octanol–water partition coefficient (Wildman–Crippen LogP) is 5.54. The van der Waals surface area contributed by atoms with Crippen LogP contribution in [0.5, 0.6) is 0 Å². The third kappa shape index (κ3) is 4.50. The molecule has 0 spiro atoms. The fraction of sp³-hybridized carbons (Fsp3) is 0.556. The van der Waals surface area contributed by atoms with Gasteiger partial charge in [0.25, 0.3) is 0 Å². The fourth-order valence-electron chi connectivity index (χ4n) is 2.24. The standard InChI is InChI=1S/C18H28O/c1-7-14-18(6,8-2)19-16(17(3,4)5)15-12-10-9-11-13-15/h7,9-13,16H,1,8,14H2,2-6H3/t16-,18+/m0/s1. The quantitative estimate of drug-likeness (QED) is 0.611. The number of hydrogen-bond donors (Lipinski definition) is 0. The van der Waals surface area contributed by atoms with Gasteiger partial charge in [-0.15, -0.1) is 6.58 Å². The molecule has 0 heterocycles. The molecule has 0 saturated heterocycles. The molecule has 1 rings (SSSR count). The van der Waals surface area contributed by atoms with E-state index in [1.54, 1.807) is 0 Å². The summed E-state index contributed by atoms with van der Waals surface area (Å²) in [5.74, 6) is 0. The van der Waals surface area contributed by atoms with Crippen LogP contribution < -0.4 is 0 Å². The first-order valence-corrected chi connectivity index (χ1v) is 7.16. The molecule has 0 fully saturated rings. The minimum absolute atomic E-state index is 0.0684. The molecule has 0 radical (unpaired) electrons. The van der Waals surface area contributed by atoms with Crippen LogP contribution in [0.3, 0.4) is 0 Å². The molecule has 0 unspecified atom stereocenters. The van der Waals surface area contributed by atoms with Crippen molar-refractivity contribution in [1.29, 1.82) is 0 Å². The zero-order valence-electron chi connectivity index (χ0n) is 13.1. The Kier molecular flexibility index (Phi) is 5.37. The molecule has 1 aromatic carbocycles. The monoisotopic (exact) mass is 260 g/mol. The van der Waals surface area contributed by atoms with E-state index in [0.29, 0.717) is 0 Å². The molecule has 19 heavy (non-hydrogen) atoms. The largest absolute Gasteiger partial charge is 0.367 e. The molecule has 106 valence electrons. The summed E-state index contributed by atoms with van der Waals surface area (Å²) in [6, 6.07) is 10.5. The number of rotatable bonds is 6. The SMILES string of the molecule is C=CC[C@@](C)(CC)O[C@@H](c1ccccc1)C(C)(C)C. The van der Waals surface area contributed by atoms with Crippen molar-refractivity contribution >= 4 is 0 Å². The van der Waals surface area contributed by atoms with Crippen LogP contribution in [0.15, 0.2) is 43.0 Å². The van der Waals surface area contributed by atoms with Crippen LogP contribution in [-0.4, -0.2) is 5.60 Å². The molecular weight excluding hydrogens is 232 g/mol. The molecule has 0 amide bonds. The minimum atomic E-state index is -0.143. The average molecular weight is 260 g/mol. The lowest BCUT2D eigenvalue weighted by Gasteiger charge is -2.39. The van der Waals surface area contributed by atoms with E-state index >= 15 is 0 Å². The Morgan fingerprint density at radius 1 is 1.16 bits per heavy atom. The maximum Gasteiger partial charge on any atom is 0.0880 e. The number of benzene rings is 1. The first-order chi connectivity index (χ1) is 8.82. The van der Waals surface area contributed by atoms with E-state index in [2.05, 4.69) is 65.5 Å². The summed E-state index contributed by atoms with van der Waals surface area (Å²) in [5, 5.41) is 0. The first kappa shape index (κ1) is 16.0. The van der Waals surface area contributed by atoms with E-state index in [0.717, 1.165) is 12.8 Å². The Morgan fingerprint density at radius 3 is 2.16 bits per heavy atom. The van der Waals surface area contributed by atoms with Gasteiger partial charge in [-0.05, 0) is 30.7 Å². The Labute approximate surface area is 118 Å². The molecule has 2 atom stereocenters. The van der Waals surface area contributed by atoms with Gasteiger partial charge >= 0.3 is 0 Å². The van der Waals surface area contributed by atoms with Crippen molar-refractivity contribution in [3.63, 3.8) is 0 Å². The van der Waals surface area contributed by atoms with Crippen LogP contribution in [0.2, 0.25) is 0 Å². The van der Waals surface area contributed by atoms with E-state index in [1.807, 2.05) is 12.1 Å². The van der Waals surface area contributed by atoms with Gasteiger partial charge in [0.1, 0.15) is 0 Å². The zero-order valence-corrected chi connectivity index (χ0v) is 13.1. The van der Waals surface area contributed by atoms with Crippen LogP contribution in [0, 0.1) is 5.41 Å². The van der Waals surface area contributed by atoms with E-state index < -0.39 is 0 Å². The molecule has 1 nitrogen and oxygen atoms in total. The van der Waals surface area contributed by atoms with Crippen molar-refractivity contribution in [2.75, 3.05) is 0 Å². The van der Waals surface area contributed by atoms with Gasteiger partial charge in [0, 0.05) is 0 Å². The van der Waals surface area contributed by atoms with Crippen LogP contribution in [-0.2, 0) is 4.74 Å². The topological polar surface area (TPSA) is 9.23 Å². The van der Waals surface area contributed by atoms with Gasteiger partial charge in [0.2, 0.25) is 0 Å². The van der Waals surface area contributed by atoms with Gasteiger partial charge in [-0.1, -0.05) is 64.1 Å². The van der Waals surface area contributed by atoms with Gasteiger partial charge in [-0.25, -0.2) is 0 Å². The molecular formula is C18H28O. The van der Waals surface area contributed by atoms with Crippen LogP contribution in [0.25, 0.3) is 0 Å². The smallest absolute Gasteiger partial charge is 0.0880 e. The second-order valence-corrected chi connectivity index (χ2v) is 6.57. The van der Waals surface area contributed by atoms with Gasteiger partial charge in [0.15, 0.2) is 0 Å². The fourth-order valence-corrected chi connectivity index (χ4v) is 2.24. The average Bonchev–Trinajstić information content (AvgIpc) is 2.36. The summed E-state index contributed by atoms with van der Waals surface area (Å²) in [6.45, 7) is 14.9. The maximum absolute atomic E-state index is 6.51. The van der Waals surface area contributed by atoms with Crippen LogP contribution in [0.1, 0.15) is 59.1 Å². The summed E-state index contributed by atoms with van der Waals surface area (Å²) in [7, 11) is 0. The van der Waals surface area contributed by atoms with E-state index in [4.69, 9.17) is 4.74 Å². The van der Waals surface area contributed by atoms with E-state index in [-0.39, 0.29) is 17.1 Å². The zero-order chi connectivity index (χ0) is 14.5. The maximum atomic E-state index is 6.51. The highest BCUT2D eigenvalue weighted by Crippen LogP contribution is 2.40. The third-order valence-electron chi connectivity index (χ3n) is 3.62. The van der Waals surface area contributed by atoms with E-state index in [9.17, 15) is 0 Å². The summed E-state index contributed by atoms with van der Waals surface area (Å²) in [6.07, 6.45) is 3.91. The van der Waals surface area contributed by atoms with Crippen molar-refractivity contribution in [2.24, 2.45) is 5.41 Å². The summed E-state index contributed by atoms with van der Waals surface area (Å²) in [4.78, 5) is 0. The molecule has 0 bridgehead atoms. The van der Waals surface area contributed by atoms with Crippen molar-refractivity contribution in [2.45, 2.75) is 59.2 Å². The number of hydrogen-bond acceptors (Lipinski definition) is 1. The number of ether oxygens (including phenoxy) is 1. The Hall–Kier alpha value is -1.08. The Morgan fingerprint density at radius 2 is 1.74 bits per heavy atom. The first-order valence-electron chi connectivity index (χ1n) is 7.16. The lowest BCUT2D eigenvalue weighted by atomic mass is 9.83. The molecule has 0 aliphatic rings. The Bertz CT molecular complexity index is 388. The second kappa shape index (κ2) is 6.38. The third-order valence-corrected chi connectivity index (χ3v) is 3.62. The lowest BCUT2D eigenvalue weighted by molar-refractivity contribution is -0.126. The van der Waals surface area contributed by atoms with Crippen LogP contribution >= 0.6 is 0 Å². The summed E-state index contributed by atoms with van der Waals surface area (Å²) in [5.41, 5.74) is 1.17. The van der Waals surface area contributed by atoms with Crippen molar-refractivity contribution in [3.8, 4) is 0 Å². The summed E-state index contributed by atoms with van der Waals surface area (Å²) >= 11 is 0. The van der Waals surface area contributed by atoms with Gasteiger partial charge in [-0.2, -0.15) is 0 Å².